The van der Waals surface area contributed by atoms with Crippen molar-refractivity contribution in [1.29, 1.82) is 0 Å². The zero-order chi connectivity index (χ0) is 12.4. The zero-order valence-corrected chi connectivity index (χ0v) is 10.6. The molecule has 1 aromatic heterocycles. The highest BCUT2D eigenvalue weighted by Crippen LogP contribution is 2.30. The van der Waals surface area contributed by atoms with Crippen molar-refractivity contribution >= 4 is 5.69 Å². The number of fused-ring (bicyclic) bond motifs is 1. The zero-order valence-electron chi connectivity index (χ0n) is 10.6. The van der Waals surface area contributed by atoms with E-state index >= 15 is 0 Å². The lowest BCUT2D eigenvalue weighted by Gasteiger charge is -2.10. The number of rotatable bonds is 4. The summed E-state index contributed by atoms with van der Waals surface area (Å²) in [6.07, 6.45) is 0. The topological polar surface area (TPSA) is 37.2 Å². The highest BCUT2D eigenvalue weighted by Gasteiger charge is 2.20. The van der Waals surface area contributed by atoms with Crippen molar-refractivity contribution in [1.82, 2.24) is 5.32 Å². The van der Waals surface area contributed by atoms with Crippen molar-refractivity contribution < 1.29 is 4.42 Å². The Hall–Kier alpha value is -1.74. The summed E-state index contributed by atoms with van der Waals surface area (Å²) in [5.41, 5.74) is 2.69. The van der Waals surface area contributed by atoms with Gasteiger partial charge >= 0.3 is 0 Å². The molecule has 0 amide bonds. The lowest BCUT2D eigenvalue weighted by atomic mass is 10.0. The molecule has 3 nitrogen and oxygen atoms in total. The summed E-state index contributed by atoms with van der Waals surface area (Å²) in [5.74, 6) is 2.53. The average Bonchev–Trinajstić information content (AvgIpc) is 2.97. The number of aryl methyl sites for hydroxylation is 1. The van der Waals surface area contributed by atoms with E-state index in [1.807, 2.05) is 19.1 Å². The normalized spacial score (nSPS) is 17.5. The van der Waals surface area contributed by atoms with Crippen LogP contribution in [0, 0.1) is 6.92 Å². The smallest absolute Gasteiger partial charge is 0.117 e. The Kier molecular flexibility index (Phi) is 3.07. The molecule has 3 heteroatoms. The van der Waals surface area contributed by atoms with Crippen LogP contribution in [0.1, 0.15) is 23.0 Å². The Morgan fingerprint density at radius 3 is 3.00 bits per heavy atom. The standard InChI is InChI=1S/C15H18N2O/c1-11-6-7-13(18-11)10-16-8-12-9-17-15-5-3-2-4-14(12)15/h2-7,12,16-17H,8-10H2,1H3. The SMILES string of the molecule is Cc1ccc(CNCC2CNc3ccccc32)o1. The van der Waals surface area contributed by atoms with E-state index in [1.54, 1.807) is 0 Å². The van der Waals surface area contributed by atoms with Gasteiger partial charge in [-0.05, 0) is 30.7 Å². The second-order valence-corrected chi connectivity index (χ2v) is 4.81. The minimum atomic E-state index is 0.553. The Balaban J connectivity index is 1.56. The van der Waals surface area contributed by atoms with Crippen LogP contribution in [-0.2, 0) is 6.54 Å². The van der Waals surface area contributed by atoms with Gasteiger partial charge in [0.1, 0.15) is 11.5 Å². The van der Waals surface area contributed by atoms with Crippen molar-refractivity contribution in [2.75, 3.05) is 18.4 Å². The van der Waals surface area contributed by atoms with Gasteiger partial charge in [0.15, 0.2) is 0 Å². The molecule has 0 fully saturated rings. The van der Waals surface area contributed by atoms with E-state index in [1.165, 1.54) is 11.3 Å². The molecule has 0 saturated heterocycles. The number of benzene rings is 1. The molecule has 2 heterocycles. The molecule has 1 unspecified atom stereocenters. The van der Waals surface area contributed by atoms with Crippen LogP contribution in [0.4, 0.5) is 5.69 Å². The first kappa shape index (κ1) is 11.4. The first-order chi connectivity index (χ1) is 8.83. The van der Waals surface area contributed by atoms with E-state index < -0.39 is 0 Å². The molecule has 18 heavy (non-hydrogen) atoms. The molecule has 2 N–H and O–H groups in total. The van der Waals surface area contributed by atoms with Crippen LogP contribution in [0.2, 0.25) is 0 Å². The van der Waals surface area contributed by atoms with Gasteiger partial charge in [-0.3, -0.25) is 0 Å². The maximum absolute atomic E-state index is 5.54. The molecule has 0 aliphatic carbocycles. The van der Waals surface area contributed by atoms with E-state index in [2.05, 4.69) is 34.9 Å². The number of hydrogen-bond donors (Lipinski definition) is 2. The van der Waals surface area contributed by atoms with Gasteiger partial charge in [0, 0.05) is 24.7 Å². The Bertz CT molecular complexity index is 533. The van der Waals surface area contributed by atoms with Gasteiger partial charge in [-0.1, -0.05) is 18.2 Å². The minimum absolute atomic E-state index is 0.553. The van der Waals surface area contributed by atoms with Crippen molar-refractivity contribution in [2.24, 2.45) is 0 Å². The third-order valence-corrected chi connectivity index (χ3v) is 3.43. The molecule has 1 aromatic carbocycles. The highest BCUT2D eigenvalue weighted by molar-refractivity contribution is 5.57. The van der Waals surface area contributed by atoms with Gasteiger partial charge < -0.3 is 15.1 Å². The lowest BCUT2D eigenvalue weighted by molar-refractivity contribution is 0.457. The van der Waals surface area contributed by atoms with E-state index in [0.29, 0.717) is 5.92 Å². The minimum Gasteiger partial charge on any atom is -0.465 e. The summed E-state index contributed by atoms with van der Waals surface area (Å²) in [6.45, 7) is 4.76. The highest BCUT2D eigenvalue weighted by atomic mass is 16.3. The van der Waals surface area contributed by atoms with Crippen molar-refractivity contribution in [3.8, 4) is 0 Å². The average molecular weight is 242 g/mol. The van der Waals surface area contributed by atoms with Crippen LogP contribution in [0.3, 0.4) is 0 Å². The summed E-state index contributed by atoms with van der Waals surface area (Å²) in [7, 11) is 0. The number of para-hydroxylation sites is 1. The number of hydrogen-bond acceptors (Lipinski definition) is 3. The van der Waals surface area contributed by atoms with Crippen LogP contribution in [-0.4, -0.2) is 13.1 Å². The largest absolute Gasteiger partial charge is 0.465 e. The monoisotopic (exact) mass is 242 g/mol. The molecule has 3 rings (SSSR count). The van der Waals surface area contributed by atoms with Crippen LogP contribution >= 0.6 is 0 Å². The molecular formula is C15H18N2O. The van der Waals surface area contributed by atoms with Gasteiger partial charge in [0.2, 0.25) is 0 Å². The van der Waals surface area contributed by atoms with E-state index in [0.717, 1.165) is 31.2 Å². The molecule has 0 bridgehead atoms. The van der Waals surface area contributed by atoms with Gasteiger partial charge in [0.25, 0.3) is 0 Å². The number of anilines is 1. The van der Waals surface area contributed by atoms with Crippen molar-refractivity contribution in [2.45, 2.75) is 19.4 Å². The predicted molar refractivity (Wildman–Crippen MR) is 72.8 cm³/mol. The third kappa shape index (κ3) is 2.27. The lowest BCUT2D eigenvalue weighted by Crippen LogP contribution is -2.22. The predicted octanol–water partition coefficient (Wildman–Crippen LogP) is 2.89. The van der Waals surface area contributed by atoms with Crippen LogP contribution in [0.15, 0.2) is 40.8 Å². The van der Waals surface area contributed by atoms with Crippen LogP contribution in [0.5, 0.6) is 0 Å². The fraction of sp³-hybridized carbons (Fsp3) is 0.333. The maximum atomic E-state index is 5.54. The van der Waals surface area contributed by atoms with Crippen LogP contribution < -0.4 is 10.6 Å². The molecule has 1 aliphatic heterocycles. The van der Waals surface area contributed by atoms with Gasteiger partial charge in [0.05, 0.1) is 6.54 Å². The van der Waals surface area contributed by atoms with Gasteiger partial charge in [-0.2, -0.15) is 0 Å². The first-order valence-electron chi connectivity index (χ1n) is 6.42. The molecule has 1 aliphatic rings. The Morgan fingerprint density at radius 2 is 2.17 bits per heavy atom. The summed E-state index contributed by atoms with van der Waals surface area (Å²) in [6, 6.07) is 12.6. The molecule has 0 saturated carbocycles. The van der Waals surface area contributed by atoms with Gasteiger partial charge in [-0.25, -0.2) is 0 Å². The quantitative estimate of drug-likeness (QED) is 0.865. The summed E-state index contributed by atoms with van der Waals surface area (Å²) >= 11 is 0. The van der Waals surface area contributed by atoms with Crippen LogP contribution in [0.25, 0.3) is 0 Å². The molecule has 1 atom stereocenters. The Labute approximate surface area is 107 Å². The second kappa shape index (κ2) is 4.86. The molecule has 0 radical (unpaired) electrons. The number of nitrogens with one attached hydrogen (secondary N) is 2. The summed E-state index contributed by atoms with van der Waals surface area (Å²) in [5, 5.41) is 6.90. The molecular weight excluding hydrogens is 224 g/mol. The maximum Gasteiger partial charge on any atom is 0.117 e. The summed E-state index contributed by atoms with van der Waals surface area (Å²) < 4.78 is 5.54. The molecule has 94 valence electrons. The van der Waals surface area contributed by atoms with E-state index in [-0.39, 0.29) is 0 Å². The Morgan fingerprint density at radius 1 is 1.28 bits per heavy atom. The fourth-order valence-electron chi connectivity index (χ4n) is 2.49. The first-order valence-corrected chi connectivity index (χ1v) is 6.42. The van der Waals surface area contributed by atoms with Crippen molar-refractivity contribution in [3.05, 3.63) is 53.5 Å². The van der Waals surface area contributed by atoms with Gasteiger partial charge in [-0.15, -0.1) is 0 Å². The van der Waals surface area contributed by atoms with E-state index in [9.17, 15) is 0 Å². The van der Waals surface area contributed by atoms with E-state index in [4.69, 9.17) is 4.42 Å². The number of furan rings is 1. The molecule has 0 spiro atoms. The molecule has 2 aromatic rings. The van der Waals surface area contributed by atoms with Crippen molar-refractivity contribution in [3.63, 3.8) is 0 Å². The summed E-state index contributed by atoms with van der Waals surface area (Å²) in [4.78, 5) is 0. The fourth-order valence-corrected chi connectivity index (χ4v) is 2.49. The second-order valence-electron chi connectivity index (χ2n) is 4.81. The third-order valence-electron chi connectivity index (χ3n) is 3.43.